The Kier molecular flexibility index (Phi) is 24.3. The van der Waals surface area contributed by atoms with Crippen LogP contribution in [0.25, 0.3) is 33.1 Å². The molecule has 0 atom stereocenters. The number of hydrogen-bond acceptors (Lipinski definition) is 25. The number of rotatable bonds is 17. The van der Waals surface area contributed by atoms with Gasteiger partial charge in [0.15, 0.2) is 46.5 Å². The number of piperidine rings is 3. The Labute approximate surface area is 586 Å². The second kappa shape index (κ2) is 31.9. The minimum Gasteiger partial charge on any atom is -0.444 e. The van der Waals surface area contributed by atoms with E-state index in [-0.39, 0.29) is 56.2 Å². The molecule has 0 unspecified atom stereocenters. The van der Waals surface area contributed by atoms with Crippen molar-refractivity contribution in [2.24, 2.45) is 11.8 Å². The number of sulfone groups is 3. The van der Waals surface area contributed by atoms with Gasteiger partial charge in [0, 0.05) is 55.6 Å². The van der Waals surface area contributed by atoms with E-state index in [0.29, 0.717) is 102 Å². The van der Waals surface area contributed by atoms with Crippen LogP contribution in [0.1, 0.15) is 105 Å². The van der Waals surface area contributed by atoms with E-state index in [4.69, 9.17) is 29.6 Å². The zero-order valence-electron chi connectivity index (χ0n) is 57.0. The third kappa shape index (κ3) is 20.6. The molecule has 30 nitrogen and oxygen atoms in total. The molecule has 12 rings (SSSR count). The van der Waals surface area contributed by atoms with Crippen LogP contribution in [0.2, 0.25) is 0 Å². The molecule has 6 aromatic heterocycles. The second-order valence-electron chi connectivity index (χ2n) is 26.1. The molecule has 9 aromatic rings. The molecule has 0 spiro atoms. The van der Waals surface area contributed by atoms with Crippen LogP contribution in [-0.2, 0) is 53.3 Å². The number of halogens is 1. The number of fused-ring (bicyclic) bond motifs is 3. The molecule has 3 aromatic carbocycles. The lowest BCUT2D eigenvalue weighted by Gasteiger charge is -2.33. The van der Waals surface area contributed by atoms with Crippen LogP contribution in [0.15, 0.2) is 125 Å². The predicted molar refractivity (Wildman–Crippen MR) is 375 cm³/mol. The molecular formula is C64H82ClN15O15S5. The molecule has 36 heteroatoms. The molecule has 540 valence electrons. The van der Waals surface area contributed by atoms with E-state index in [1.165, 1.54) is 61.6 Å². The van der Waals surface area contributed by atoms with Gasteiger partial charge >= 0.3 is 6.09 Å². The summed E-state index contributed by atoms with van der Waals surface area (Å²) in [5, 5.41) is 18.9. The molecule has 3 fully saturated rings. The number of carbonyl (C=O) groups is 1. The molecule has 0 saturated carbocycles. The first kappa shape index (κ1) is 76.1. The summed E-state index contributed by atoms with van der Waals surface area (Å²) < 4.78 is 145. The fourth-order valence-electron chi connectivity index (χ4n) is 11.1. The van der Waals surface area contributed by atoms with E-state index >= 15 is 0 Å². The summed E-state index contributed by atoms with van der Waals surface area (Å²) in [6, 6.07) is 18.9. The maximum Gasteiger partial charge on any atom is 0.410 e. The Morgan fingerprint density at radius 1 is 0.490 bits per heavy atom. The van der Waals surface area contributed by atoms with Crippen molar-refractivity contribution in [3.8, 4) is 34.9 Å². The lowest BCUT2D eigenvalue weighted by Crippen LogP contribution is -2.42. The van der Waals surface area contributed by atoms with Crippen molar-refractivity contribution in [2.45, 2.75) is 125 Å². The van der Waals surface area contributed by atoms with Crippen molar-refractivity contribution >= 4 is 98.5 Å². The lowest BCUT2D eigenvalue weighted by atomic mass is 10.1. The lowest BCUT2D eigenvalue weighted by molar-refractivity contribution is 0.0186. The Bertz CT molecular complexity index is 4900. The van der Waals surface area contributed by atoms with Crippen LogP contribution in [0, 0.1) is 11.8 Å². The largest absolute Gasteiger partial charge is 0.444 e. The predicted octanol–water partition coefficient (Wildman–Crippen LogP) is 9.40. The number of nitrogens with one attached hydrogen (secondary N) is 1. The van der Waals surface area contributed by atoms with E-state index < -0.39 is 54.2 Å². The highest BCUT2D eigenvalue weighted by molar-refractivity contribution is 8.13. The maximum absolute atomic E-state index is 12.5. The van der Waals surface area contributed by atoms with Gasteiger partial charge in [0.2, 0.25) is 36.7 Å². The van der Waals surface area contributed by atoms with Gasteiger partial charge in [-0.05, 0) is 157 Å². The molecule has 1 N–H and O–H groups in total. The fourth-order valence-corrected chi connectivity index (χ4v) is 16.4. The molecule has 3 aliphatic heterocycles. The Morgan fingerprint density at radius 3 is 1.10 bits per heavy atom. The number of likely N-dealkylation sites (tertiary alicyclic amines) is 1. The number of hydrogen-bond donors (Lipinski definition) is 1. The third-order valence-electron chi connectivity index (χ3n) is 15.8. The molecule has 9 heterocycles. The van der Waals surface area contributed by atoms with E-state index in [1.807, 2.05) is 48.7 Å². The van der Waals surface area contributed by atoms with Gasteiger partial charge in [-0.25, -0.2) is 95.1 Å². The van der Waals surface area contributed by atoms with Gasteiger partial charge < -0.3 is 29.2 Å². The van der Waals surface area contributed by atoms with E-state index in [9.17, 15) is 46.9 Å². The number of nitrogens with zero attached hydrogens (tertiary/aromatic N) is 14. The fraction of sp³-hybridized carbons (Fsp3) is 0.469. The summed E-state index contributed by atoms with van der Waals surface area (Å²) in [4.78, 5) is 40.5. The van der Waals surface area contributed by atoms with Crippen molar-refractivity contribution in [2.75, 3.05) is 69.5 Å². The first-order chi connectivity index (χ1) is 47.0. The first-order valence-electron chi connectivity index (χ1n) is 32.1. The summed E-state index contributed by atoms with van der Waals surface area (Å²) in [5.74, 6) is 2.89. The summed E-state index contributed by atoms with van der Waals surface area (Å²) in [6.45, 7) is 16.9. The highest BCUT2D eigenvalue weighted by Crippen LogP contribution is 2.35. The molecule has 100 heavy (non-hydrogen) atoms. The Balaban J connectivity index is 0.000000167. The minimum absolute atomic E-state index is 0.0183. The highest BCUT2D eigenvalue weighted by atomic mass is 35.7. The molecule has 0 aliphatic carbocycles. The number of ether oxygens (including phenoxy) is 4. The van der Waals surface area contributed by atoms with Gasteiger partial charge in [0.1, 0.15) is 58.0 Å². The van der Waals surface area contributed by atoms with Gasteiger partial charge in [0.05, 0.1) is 62.9 Å². The number of carbonyl (C=O) groups excluding carboxylic acids is 1. The van der Waals surface area contributed by atoms with Crippen LogP contribution >= 0.6 is 10.7 Å². The van der Waals surface area contributed by atoms with Gasteiger partial charge in [-0.15, -0.1) is 0 Å². The number of benzene rings is 3. The summed E-state index contributed by atoms with van der Waals surface area (Å²) in [6.07, 6.45) is 17.2. The zero-order valence-corrected chi connectivity index (χ0v) is 61.8. The Hall–Kier alpha value is -8.06. The third-order valence-corrected chi connectivity index (χ3v) is 22.9. The maximum atomic E-state index is 12.5. The molecule has 1 amide bonds. The zero-order chi connectivity index (χ0) is 72.5. The SMILES string of the molecule is CC(C)(C)OC(=O)N1CCC(n2ncc3c(Oc4ccc(S(C)(=O)=O)cc4)ncnc32)CC1.CC(C)CS(=O)(=O)Cl.CC(C)CS(=O)(=O)N1CCC(n2ncc3c(Oc4ccc(S(C)(=O)=O)cc4)ncnc32)CC1.CS(=O)(=O)c1ccc(Oc2ncnc3c2cnn3C2CCNCC2)cc1. The number of amides is 1. The monoisotopic (exact) mass is 1500 g/mol. The summed E-state index contributed by atoms with van der Waals surface area (Å²) >= 11 is 0. The van der Waals surface area contributed by atoms with Gasteiger partial charge in [-0.2, -0.15) is 15.3 Å². The number of aromatic nitrogens is 12. The van der Waals surface area contributed by atoms with Crippen LogP contribution < -0.4 is 19.5 Å². The van der Waals surface area contributed by atoms with Crippen molar-refractivity contribution in [1.29, 1.82) is 0 Å². The second-order valence-corrected chi connectivity index (χ2v) is 37.0. The van der Waals surface area contributed by atoms with Crippen molar-refractivity contribution in [1.82, 2.24) is 73.8 Å². The quantitative estimate of drug-likeness (QED) is 0.0829. The van der Waals surface area contributed by atoms with Gasteiger partial charge in [-0.1, -0.05) is 27.7 Å². The average molecular weight is 1500 g/mol. The van der Waals surface area contributed by atoms with Crippen LogP contribution in [-0.4, -0.2) is 192 Å². The molecular weight excluding hydrogens is 1410 g/mol. The topological polar surface area (TPSA) is 374 Å². The van der Waals surface area contributed by atoms with Crippen molar-refractivity contribution in [3.05, 3.63) is 110 Å². The van der Waals surface area contributed by atoms with Crippen molar-refractivity contribution < 1.29 is 65.8 Å². The molecule has 3 aliphatic rings. The molecule has 0 radical (unpaired) electrons. The standard InChI is InChI=1S/C22H27N5O5S.C21H27N5O5S2.C17H19N5O3S.C4H9ClO2S/c1-22(2,3)32-21(28)26-11-9-15(10-12-26)27-19-18(13-25-27)20(24-14-23-19)31-16-5-7-17(8-6-16)33(4,29)30;1-15(2)13-33(29,30)25-10-8-16(9-11-25)26-20-19(12-24-26)21(23-14-22-20)31-17-4-6-18(7-5-17)32(3,27)28;1-26(23,24)14-4-2-13(3-5-14)25-17-15-10-21-22(16(15)19-11-20-17)12-6-8-18-9-7-12;1-4(2)3-8(5,6)7/h5-8,13-15H,9-12H2,1-4H3;4-7,12,14-16H,8-11,13H2,1-3H3;2-5,10-12,18H,6-9H2,1H3;4H,3H2,1-2H3. The van der Waals surface area contributed by atoms with Crippen LogP contribution in [0.5, 0.6) is 34.9 Å². The Morgan fingerprint density at radius 2 is 0.810 bits per heavy atom. The van der Waals surface area contributed by atoms with Crippen LogP contribution in [0.4, 0.5) is 4.79 Å². The van der Waals surface area contributed by atoms with Gasteiger partial charge in [0.25, 0.3) is 0 Å². The smallest absolute Gasteiger partial charge is 0.410 e. The summed E-state index contributed by atoms with van der Waals surface area (Å²) in [5.41, 5.74) is 1.47. The number of sulfonamides is 1. The minimum atomic E-state index is -3.29. The van der Waals surface area contributed by atoms with E-state index in [0.717, 1.165) is 62.3 Å². The highest BCUT2D eigenvalue weighted by Gasteiger charge is 2.32. The van der Waals surface area contributed by atoms with Gasteiger partial charge in [-0.3, -0.25) is 0 Å². The average Bonchev–Trinajstić information content (AvgIpc) is 1.62. The molecule has 0 bridgehead atoms. The van der Waals surface area contributed by atoms with E-state index in [2.05, 4.69) is 50.5 Å². The molecule has 3 saturated heterocycles. The normalized spacial score (nSPS) is 15.8. The summed E-state index contributed by atoms with van der Waals surface area (Å²) in [7, 11) is -11.4. The van der Waals surface area contributed by atoms with Crippen molar-refractivity contribution in [3.63, 3.8) is 0 Å². The van der Waals surface area contributed by atoms with Crippen LogP contribution in [0.3, 0.4) is 0 Å². The van der Waals surface area contributed by atoms with E-state index in [1.54, 1.807) is 78.0 Å². The first-order valence-corrected chi connectivity index (χ1v) is 41.8.